The maximum absolute atomic E-state index is 14.8. The van der Waals surface area contributed by atoms with Crippen LogP contribution in [0, 0.1) is 11.6 Å². The third-order valence-electron chi connectivity index (χ3n) is 4.17. The molecule has 0 fully saturated rings. The number of aromatic amines is 1. The number of halogens is 3. The van der Waals surface area contributed by atoms with E-state index in [4.69, 9.17) is 14.6 Å². The Morgan fingerprint density at radius 3 is 2.27 bits per heavy atom. The highest BCUT2D eigenvalue weighted by Crippen LogP contribution is 2.35. The highest BCUT2D eigenvalue weighted by atomic mass is 35.5. The van der Waals surface area contributed by atoms with Crippen LogP contribution in [0.2, 0.25) is 0 Å². The molecule has 0 bridgehead atoms. The molecule has 13 heteroatoms. The maximum atomic E-state index is 14.8. The lowest BCUT2D eigenvalue weighted by Gasteiger charge is -2.12. The van der Waals surface area contributed by atoms with E-state index in [-0.39, 0.29) is 51.5 Å². The molecule has 3 rings (SSSR count). The van der Waals surface area contributed by atoms with Crippen LogP contribution in [0.4, 0.5) is 8.78 Å². The molecule has 0 unspecified atom stereocenters. The molecule has 0 amide bonds. The van der Waals surface area contributed by atoms with E-state index in [9.17, 15) is 22.0 Å². The van der Waals surface area contributed by atoms with E-state index >= 15 is 0 Å². The lowest BCUT2D eigenvalue weighted by Crippen LogP contribution is -2.30. The van der Waals surface area contributed by atoms with Gasteiger partial charge < -0.3 is 9.47 Å². The van der Waals surface area contributed by atoms with Crippen molar-refractivity contribution < 1.29 is 26.7 Å². The summed E-state index contributed by atoms with van der Waals surface area (Å²) >= 11 is 0. The Balaban J connectivity index is 0.00000320. The van der Waals surface area contributed by atoms with Crippen molar-refractivity contribution in [1.29, 1.82) is 0 Å². The lowest BCUT2D eigenvalue weighted by molar-refractivity contribution is 0.356. The first-order chi connectivity index (χ1) is 13.7. The lowest BCUT2D eigenvalue weighted by atomic mass is 10.0. The van der Waals surface area contributed by atoms with E-state index in [1.54, 1.807) is 0 Å². The smallest absolute Gasteiger partial charge is 0.274 e. The topological polar surface area (TPSA) is 136 Å². The summed E-state index contributed by atoms with van der Waals surface area (Å²) in [5, 5.41) is 11.2. The Labute approximate surface area is 175 Å². The minimum absolute atomic E-state index is 0. The molecule has 0 saturated carbocycles. The van der Waals surface area contributed by atoms with Gasteiger partial charge in [0.15, 0.2) is 23.1 Å². The van der Waals surface area contributed by atoms with Crippen LogP contribution in [-0.4, -0.2) is 32.8 Å². The van der Waals surface area contributed by atoms with Gasteiger partial charge in [-0.25, -0.2) is 19.0 Å². The summed E-state index contributed by atoms with van der Waals surface area (Å²) in [6.45, 7) is -0.535. The molecule has 0 atom stereocenters. The molecule has 162 valence electrons. The zero-order valence-electron chi connectivity index (χ0n) is 15.7. The second kappa shape index (κ2) is 8.92. The van der Waals surface area contributed by atoms with Gasteiger partial charge in [0.1, 0.15) is 5.69 Å². The maximum Gasteiger partial charge on any atom is 0.274 e. The predicted octanol–water partition coefficient (Wildman–Crippen LogP) is 1.60. The molecule has 4 N–H and O–H groups in total. The van der Waals surface area contributed by atoms with E-state index in [1.807, 2.05) is 4.72 Å². The average Bonchev–Trinajstić information content (AvgIpc) is 2.68. The molecule has 2 aromatic carbocycles. The van der Waals surface area contributed by atoms with Crippen LogP contribution in [0.15, 0.2) is 29.1 Å². The Kier molecular flexibility index (Phi) is 6.98. The highest BCUT2D eigenvalue weighted by Gasteiger charge is 2.20. The van der Waals surface area contributed by atoms with Crippen LogP contribution in [0.5, 0.6) is 11.5 Å². The first-order valence-corrected chi connectivity index (χ1v) is 9.60. The molecular weight excluding hydrogens is 446 g/mol. The molecule has 0 aliphatic heterocycles. The fraction of sp³-hybridized carbons (Fsp3) is 0.176. The number of hydrogen-bond acceptors (Lipinski definition) is 6. The van der Waals surface area contributed by atoms with Gasteiger partial charge in [0.2, 0.25) is 0 Å². The summed E-state index contributed by atoms with van der Waals surface area (Å²) in [4.78, 5) is 12.2. The van der Waals surface area contributed by atoms with Gasteiger partial charge in [-0.15, -0.1) is 12.4 Å². The summed E-state index contributed by atoms with van der Waals surface area (Å²) < 4.78 is 63.4. The fourth-order valence-corrected chi connectivity index (χ4v) is 3.14. The van der Waals surface area contributed by atoms with Gasteiger partial charge in [-0.05, 0) is 18.2 Å². The van der Waals surface area contributed by atoms with Gasteiger partial charge in [-0.1, -0.05) is 6.07 Å². The van der Waals surface area contributed by atoms with Crippen LogP contribution < -0.4 is 24.9 Å². The zero-order valence-corrected chi connectivity index (χ0v) is 17.3. The molecule has 0 aliphatic rings. The van der Waals surface area contributed by atoms with Gasteiger partial charge in [0.25, 0.3) is 15.8 Å². The number of H-pyrrole nitrogens is 1. The average molecular weight is 463 g/mol. The number of rotatable bonds is 6. The van der Waals surface area contributed by atoms with Gasteiger partial charge in [0.05, 0.1) is 19.6 Å². The van der Waals surface area contributed by atoms with Crippen molar-refractivity contribution in [3.63, 3.8) is 0 Å². The van der Waals surface area contributed by atoms with E-state index in [0.29, 0.717) is 0 Å². The van der Waals surface area contributed by atoms with Crippen LogP contribution in [0.1, 0.15) is 5.56 Å². The van der Waals surface area contributed by atoms with Crippen molar-refractivity contribution in [2.75, 3.05) is 14.2 Å². The van der Waals surface area contributed by atoms with Crippen molar-refractivity contribution in [3.8, 4) is 22.8 Å². The number of ether oxygens (including phenoxy) is 2. The van der Waals surface area contributed by atoms with E-state index < -0.39 is 33.9 Å². The molecule has 3 aromatic rings. The van der Waals surface area contributed by atoms with Crippen LogP contribution in [-0.2, 0) is 16.8 Å². The minimum Gasteiger partial charge on any atom is -0.493 e. The number of nitrogens with zero attached hydrogens (tertiary/aromatic N) is 1. The van der Waals surface area contributed by atoms with Gasteiger partial charge in [-0.3, -0.25) is 4.79 Å². The Morgan fingerprint density at radius 2 is 1.70 bits per heavy atom. The summed E-state index contributed by atoms with van der Waals surface area (Å²) in [5.41, 5.74) is -1.09. The Morgan fingerprint density at radius 1 is 1.10 bits per heavy atom. The third-order valence-corrected chi connectivity index (χ3v) is 4.72. The summed E-state index contributed by atoms with van der Waals surface area (Å²) in [6.07, 6.45) is 0. The monoisotopic (exact) mass is 462 g/mol. The number of benzene rings is 2. The molecule has 0 radical (unpaired) electrons. The standard InChI is InChI=1S/C17H16F2N4O5S.ClH/c1-27-12-5-10-11(6-13(12)28-2)17(24)23-22-16(10)9-4-3-8(14(18)15(9)19)7-21-29(20,25)26;/h3-6,21H,7H2,1-2H3,(H,23,24)(H2,20,25,26);1H. The third kappa shape index (κ3) is 4.51. The van der Waals surface area contributed by atoms with Gasteiger partial charge >= 0.3 is 0 Å². The predicted molar refractivity (Wildman–Crippen MR) is 108 cm³/mol. The quantitative estimate of drug-likeness (QED) is 0.509. The summed E-state index contributed by atoms with van der Waals surface area (Å²) in [6, 6.07) is 5.23. The molecule has 30 heavy (non-hydrogen) atoms. The molecule has 0 saturated heterocycles. The molecule has 1 aromatic heterocycles. The van der Waals surface area contributed by atoms with Crippen molar-refractivity contribution in [1.82, 2.24) is 14.9 Å². The number of nitrogens with two attached hydrogens (primary N) is 1. The van der Waals surface area contributed by atoms with E-state index in [1.165, 1.54) is 38.5 Å². The minimum atomic E-state index is -4.08. The molecule has 9 nitrogen and oxygen atoms in total. The van der Waals surface area contributed by atoms with E-state index in [0.717, 1.165) is 0 Å². The number of aromatic nitrogens is 2. The second-order valence-corrected chi connectivity index (χ2v) is 7.30. The van der Waals surface area contributed by atoms with Gasteiger partial charge in [-0.2, -0.15) is 18.2 Å². The van der Waals surface area contributed by atoms with Crippen molar-refractivity contribution >= 4 is 33.4 Å². The first kappa shape index (κ1) is 23.5. The van der Waals surface area contributed by atoms with Crippen molar-refractivity contribution in [3.05, 3.63) is 51.8 Å². The zero-order chi connectivity index (χ0) is 21.3. The molecular formula is C17H17ClF2N4O5S. The number of fused-ring (bicyclic) bond motifs is 1. The van der Waals surface area contributed by atoms with Crippen LogP contribution in [0.25, 0.3) is 22.0 Å². The number of methoxy groups -OCH3 is 2. The Bertz CT molecular complexity index is 1270. The second-order valence-electron chi connectivity index (χ2n) is 5.92. The summed E-state index contributed by atoms with van der Waals surface area (Å²) in [7, 11) is -1.30. The van der Waals surface area contributed by atoms with Crippen molar-refractivity contribution in [2.45, 2.75) is 6.54 Å². The van der Waals surface area contributed by atoms with Crippen LogP contribution in [0.3, 0.4) is 0 Å². The molecule has 0 spiro atoms. The SMILES string of the molecule is COc1cc2c(-c3ccc(CNS(N)(=O)=O)c(F)c3F)n[nH]c(=O)c2cc1OC.Cl. The molecule has 1 heterocycles. The summed E-state index contributed by atoms with van der Waals surface area (Å²) in [5.74, 6) is -2.00. The van der Waals surface area contributed by atoms with Crippen LogP contribution >= 0.6 is 12.4 Å². The number of hydrogen-bond donors (Lipinski definition) is 3. The first-order valence-electron chi connectivity index (χ1n) is 8.05. The van der Waals surface area contributed by atoms with Gasteiger partial charge in [0, 0.05) is 23.1 Å². The highest BCUT2D eigenvalue weighted by molar-refractivity contribution is 7.87. The van der Waals surface area contributed by atoms with Crippen molar-refractivity contribution in [2.24, 2.45) is 5.14 Å². The molecule has 0 aliphatic carbocycles. The number of nitrogens with one attached hydrogen (secondary N) is 2. The Hall–Kier alpha value is -2.80. The van der Waals surface area contributed by atoms with E-state index in [2.05, 4.69) is 10.2 Å². The normalized spacial score (nSPS) is 11.2. The fourth-order valence-electron chi connectivity index (χ4n) is 2.78. The largest absolute Gasteiger partial charge is 0.493 e.